The van der Waals surface area contributed by atoms with Crippen molar-refractivity contribution in [2.75, 3.05) is 60.2 Å². The second-order valence-corrected chi connectivity index (χ2v) is 4.12. The zero-order chi connectivity index (χ0) is 12.9. The van der Waals surface area contributed by atoms with E-state index in [2.05, 4.69) is 17.1 Å². The average Bonchev–Trinajstić information content (AvgIpc) is 2.36. The Labute approximate surface area is 105 Å². The Morgan fingerprint density at radius 1 is 1.18 bits per heavy atom. The van der Waals surface area contributed by atoms with Gasteiger partial charge < -0.3 is 19.9 Å². The lowest BCUT2D eigenvalue weighted by Crippen LogP contribution is -2.45. The molecule has 0 bridgehead atoms. The molecule has 0 radical (unpaired) electrons. The summed E-state index contributed by atoms with van der Waals surface area (Å²) in [4.78, 5) is 2.25. The van der Waals surface area contributed by atoms with Gasteiger partial charge in [0.15, 0.2) is 0 Å². The fourth-order valence-corrected chi connectivity index (χ4v) is 1.58. The van der Waals surface area contributed by atoms with Crippen LogP contribution in [-0.2, 0) is 9.47 Å². The van der Waals surface area contributed by atoms with Crippen molar-refractivity contribution in [1.29, 1.82) is 0 Å². The largest absolute Gasteiger partial charge is 0.395 e. The minimum absolute atomic E-state index is 0.128. The first-order valence-electron chi connectivity index (χ1n) is 6.32. The van der Waals surface area contributed by atoms with Crippen LogP contribution < -0.4 is 5.32 Å². The molecular formula is C12H28N2O3. The van der Waals surface area contributed by atoms with Crippen molar-refractivity contribution in [3.05, 3.63) is 0 Å². The number of nitrogens with zero attached hydrogens (tertiary/aromatic N) is 1. The van der Waals surface area contributed by atoms with Crippen molar-refractivity contribution < 1.29 is 14.6 Å². The van der Waals surface area contributed by atoms with Crippen LogP contribution in [0.15, 0.2) is 0 Å². The predicted molar refractivity (Wildman–Crippen MR) is 69.4 cm³/mol. The Balaban J connectivity index is 3.97. The number of ether oxygens (including phenoxy) is 2. The van der Waals surface area contributed by atoms with Gasteiger partial charge in [0.25, 0.3) is 0 Å². The number of rotatable bonds is 12. The molecule has 1 unspecified atom stereocenters. The summed E-state index contributed by atoms with van der Waals surface area (Å²) in [5, 5.41) is 12.6. The molecule has 0 fully saturated rings. The molecule has 0 spiro atoms. The van der Waals surface area contributed by atoms with E-state index in [4.69, 9.17) is 9.47 Å². The lowest BCUT2D eigenvalue weighted by molar-refractivity contribution is 0.0991. The first kappa shape index (κ1) is 16.8. The highest BCUT2D eigenvalue weighted by atomic mass is 16.5. The van der Waals surface area contributed by atoms with Gasteiger partial charge in [0.05, 0.1) is 19.8 Å². The predicted octanol–water partition coefficient (Wildman–Crippen LogP) is -0.0583. The van der Waals surface area contributed by atoms with E-state index in [1.807, 2.05) is 0 Å². The fourth-order valence-electron chi connectivity index (χ4n) is 1.58. The summed E-state index contributed by atoms with van der Waals surface area (Å²) in [6, 6.07) is 0.128. The van der Waals surface area contributed by atoms with Crippen molar-refractivity contribution in [3.8, 4) is 0 Å². The topological polar surface area (TPSA) is 54.0 Å². The molecule has 0 amide bonds. The van der Waals surface area contributed by atoms with Crippen LogP contribution >= 0.6 is 0 Å². The Kier molecular flexibility index (Phi) is 12.1. The molecule has 0 aliphatic carbocycles. The zero-order valence-electron chi connectivity index (χ0n) is 11.4. The molecule has 0 aliphatic rings. The van der Waals surface area contributed by atoms with Crippen molar-refractivity contribution in [2.45, 2.75) is 19.4 Å². The van der Waals surface area contributed by atoms with Gasteiger partial charge in [0, 0.05) is 39.9 Å². The van der Waals surface area contributed by atoms with Crippen LogP contribution in [0.5, 0.6) is 0 Å². The van der Waals surface area contributed by atoms with Gasteiger partial charge in [-0.15, -0.1) is 0 Å². The normalized spacial score (nSPS) is 13.2. The minimum atomic E-state index is 0.128. The molecule has 0 aromatic heterocycles. The lowest BCUT2D eigenvalue weighted by Gasteiger charge is -2.26. The number of aliphatic hydroxyl groups excluding tert-OH is 1. The average molecular weight is 248 g/mol. The number of nitrogens with one attached hydrogen (secondary N) is 1. The minimum Gasteiger partial charge on any atom is -0.395 e. The Morgan fingerprint density at radius 3 is 2.18 bits per heavy atom. The van der Waals surface area contributed by atoms with Crippen LogP contribution in [0.3, 0.4) is 0 Å². The summed E-state index contributed by atoms with van der Waals surface area (Å²) in [7, 11) is 3.40. The van der Waals surface area contributed by atoms with Gasteiger partial charge in [-0.1, -0.05) is 6.92 Å². The summed E-state index contributed by atoms with van der Waals surface area (Å²) in [5.74, 6) is 0. The van der Waals surface area contributed by atoms with E-state index in [0.29, 0.717) is 13.2 Å². The van der Waals surface area contributed by atoms with Crippen LogP contribution in [0.2, 0.25) is 0 Å². The summed E-state index contributed by atoms with van der Waals surface area (Å²) in [6.45, 7) is 7.18. The maximum Gasteiger partial charge on any atom is 0.0597 e. The Morgan fingerprint density at radius 2 is 1.76 bits per heavy atom. The molecule has 17 heavy (non-hydrogen) atoms. The van der Waals surface area contributed by atoms with Gasteiger partial charge in [-0.2, -0.15) is 0 Å². The van der Waals surface area contributed by atoms with Crippen molar-refractivity contribution in [3.63, 3.8) is 0 Å². The van der Waals surface area contributed by atoms with E-state index in [0.717, 1.165) is 32.6 Å². The molecule has 0 rings (SSSR count). The van der Waals surface area contributed by atoms with Gasteiger partial charge in [0.2, 0.25) is 0 Å². The number of hydrogen-bond acceptors (Lipinski definition) is 5. The highest BCUT2D eigenvalue weighted by molar-refractivity contribution is 4.71. The monoisotopic (exact) mass is 248 g/mol. The standard InChI is InChI=1S/C12H28N2O3/c1-4-5-13-12(11-15)10-14(6-8-16-2)7-9-17-3/h12-13,15H,4-11H2,1-3H3. The molecule has 2 N–H and O–H groups in total. The molecule has 0 saturated carbocycles. The molecule has 0 saturated heterocycles. The van der Waals surface area contributed by atoms with Gasteiger partial charge in [-0.3, -0.25) is 4.90 Å². The lowest BCUT2D eigenvalue weighted by atomic mass is 10.2. The van der Waals surface area contributed by atoms with E-state index < -0.39 is 0 Å². The van der Waals surface area contributed by atoms with Gasteiger partial charge in [-0.05, 0) is 13.0 Å². The third-order valence-corrected chi connectivity index (χ3v) is 2.61. The smallest absolute Gasteiger partial charge is 0.0597 e. The highest BCUT2D eigenvalue weighted by Crippen LogP contribution is 1.94. The maximum atomic E-state index is 9.30. The Hall–Kier alpha value is -0.200. The van der Waals surface area contributed by atoms with Crippen LogP contribution in [0, 0.1) is 0 Å². The van der Waals surface area contributed by atoms with Gasteiger partial charge >= 0.3 is 0 Å². The van der Waals surface area contributed by atoms with Crippen LogP contribution in [0.25, 0.3) is 0 Å². The van der Waals surface area contributed by atoms with Crippen molar-refractivity contribution in [1.82, 2.24) is 10.2 Å². The zero-order valence-corrected chi connectivity index (χ0v) is 11.4. The van der Waals surface area contributed by atoms with Crippen LogP contribution in [0.4, 0.5) is 0 Å². The molecule has 1 atom stereocenters. The molecule has 5 nitrogen and oxygen atoms in total. The van der Waals surface area contributed by atoms with Crippen LogP contribution in [0.1, 0.15) is 13.3 Å². The first-order chi connectivity index (χ1) is 8.28. The van der Waals surface area contributed by atoms with E-state index in [-0.39, 0.29) is 12.6 Å². The number of aliphatic hydroxyl groups is 1. The molecule has 5 heteroatoms. The maximum absolute atomic E-state index is 9.30. The second-order valence-electron chi connectivity index (χ2n) is 4.12. The molecule has 0 aromatic carbocycles. The van der Waals surface area contributed by atoms with E-state index >= 15 is 0 Å². The van der Waals surface area contributed by atoms with Gasteiger partial charge in [-0.25, -0.2) is 0 Å². The third kappa shape index (κ3) is 9.50. The summed E-state index contributed by atoms with van der Waals surface area (Å²) in [5.41, 5.74) is 0. The summed E-state index contributed by atoms with van der Waals surface area (Å²) >= 11 is 0. The molecule has 0 aliphatic heterocycles. The van der Waals surface area contributed by atoms with Crippen LogP contribution in [-0.4, -0.2) is 76.3 Å². The van der Waals surface area contributed by atoms with Gasteiger partial charge in [0.1, 0.15) is 0 Å². The van der Waals surface area contributed by atoms with Crippen molar-refractivity contribution >= 4 is 0 Å². The van der Waals surface area contributed by atoms with E-state index in [9.17, 15) is 5.11 Å². The summed E-state index contributed by atoms with van der Waals surface area (Å²) < 4.78 is 10.2. The second kappa shape index (κ2) is 12.3. The quantitative estimate of drug-likeness (QED) is 0.507. The van der Waals surface area contributed by atoms with E-state index in [1.54, 1.807) is 14.2 Å². The Bertz CT molecular complexity index is 151. The number of methoxy groups -OCH3 is 2. The molecule has 104 valence electrons. The third-order valence-electron chi connectivity index (χ3n) is 2.61. The first-order valence-corrected chi connectivity index (χ1v) is 6.32. The van der Waals surface area contributed by atoms with E-state index in [1.165, 1.54) is 0 Å². The highest BCUT2D eigenvalue weighted by Gasteiger charge is 2.12. The molecular weight excluding hydrogens is 220 g/mol. The summed E-state index contributed by atoms with van der Waals surface area (Å²) in [6.07, 6.45) is 1.08. The van der Waals surface area contributed by atoms with Crippen molar-refractivity contribution in [2.24, 2.45) is 0 Å². The molecule has 0 aromatic rings. The molecule has 0 heterocycles. The SMILES string of the molecule is CCCNC(CO)CN(CCOC)CCOC. The number of hydrogen-bond donors (Lipinski definition) is 2. The fraction of sp³-hybridized carbons (Fsp3) is 1.00.